The van der Waals surface area contributed by atoms with Gasteiger partial charge in [-0.15, -0.1) is 0 Å². The van der Waals surface area contributed by atoms with Crippen molar-refractivity contribution in [2.45, 2.75) is 33.1 Å². The van der Waals surface area contributed by atoms with Gasteiger partial charge in [-0.1, -0.05) is 32.9 Å². The molecule has 0 saturated heterocycles. The van der Waals surface area contributed by atoms with E-state index in [-0.39, 0.29) is 11.4 Å². The lowest BCUT2D eigenvalue weighted by atomic mass is 10.0. The van der Waals surface area contributed by atoms with Gasteiger partial charge in [0.1, 0.15) is 0 Å². The molecule has 20 heavy (non-hydrogen) atoms. The molecule has 5 nitrogen and oxygen atoms in total. The van der Waals surface area contributed by atoms with Crippen LogP contribution in [0.1, 0.15) is 37.8 Å². The molecule has 5 heteroatoms. The summed E-state index contributed by atoms with van der Waals surface area (Å²) >= 11 is 0. The fourth-order valence-electron chi connectivity index (χ4n) is 2.14. The van der Waals surface area contributed by atoms with Gasteiger partial charge in [-0.25, -0.2) is 9.36 Å². The Hall–Kier alpha value is -2.30. The minimum absolute atomic E-state index is 0.208. The third-order valence-corrected chi connectivity index (χ3v) is 3.33. The van der Waals surface area contributed by atoms with E-state index in [0.29, 0.717) is 18.0 Å². The summed E-state index contributed by atoms with van der Waals surface area (Å²) in [5.74, 6) is 0.0170. The Morgan fingerprint density at radius 3 is 2.60 bits per heavy atom. The second kappa shape index (κ2) is 5.36. The number of hydrogen-bond donors (Lipinski definition) is 2. The van der Waals surface area contributed by atoms with Gasteiger partial charge < -0.3 is 5.11 Å². The highest BCUT2D eigenvalue weighted by molar-refractivity contribution is 5.41. The van der Waals surface area contributed by atoms with E-state index in [1.165, 1.54) is 0 Å². The van der Waals surface area contributed by atoms with E-state index in [1.54, 1.807) is 13.0 Å². The highest BCUT2D eigenvalue weighted by Gasteiger charge is 2.14. The molecule has 0 fully saturated rings. The third kappa shape index (κ3) is 2.39. The molecule has 0 bridgehead atoms. The maximum atomic E-state index is 12.0. The summed E-state index contributed by atoms with van der Waals surface area (Å²) in [7, 11) is 0. The van der Waals surface area contributed by atoms with Crippen molar-refractivity contribution in [1.29, 1.82) is 0 Å². The molecule has 2 N–H and O–H groups in total. The van der Waals surface area contributed by atoms with E-state index in [0.717, 1.165) is 10.1 Å². The standard InChI is InChI=1S/C15H18N2O3/c1-4-12-13(18)16-15(20)17(14(12)19)11-7-5-6-10(8-11)9(2)3/h5-9,19H,4H2,1-3H3,(H,16,18,20). The van der Waals surface area contributed by atoms with Crippen molar-refractivity contribution >= 4 is 0 Å². The highest BCUT2D eigenvalue weighted by Crippen LogP contribution is 2.21. The first-order valence-corrected chi connectivity index (χ1v) is 6.63. The van der Waals surface area contributed by atoms with Crippen molar-refractivity contribution in [3.63, 3.8) is 0 Å². The molecule has 0 atom stereocenters. The molecular formula is C15H18N2O3. The van der Waals surface area contributed by atoms with Crippen LogP contribution in [0.25, 0.3) is 5.69 Å². The van der Waals surface area contributed by atoms with Gasteiger partial charge in [0.25, 0.3) is 5.56 Å². The molecule has 0 aliphatic rings. The van der Waals surface area contributed by atoms with Gasteiger partial charge in [0.15, 0.2) is 0 Å². The van der Waals surface area contributed by atoms with E-state index in [1.807, 2.05) is 32.0 Å². The summed E-state index contributed by atoms with van der Waals surface area (Å²) in [5, 5.41) is 10.2. The van der Waals surface area contributed by atoms with E-state index in [4.69, 9.17) is 0 Å². The summed E-state index contributed by atoms with van der Waals surface area (Å²) < 4.78 is 1.13. The van der Waals surface area contributed by atoms with E-state index >= 15 is 0 Å². The van der Waals surface area contributed by atoms with E-state index < -0.39 is 11.2 Å². The van der Waals surface area contributed by atoms with Gasteiger partial charge in [0.05, 0.1) is 11.3 Å². The molecule has 1 aromatic heterocycles. The lowest BCUT2D eigenvalue weighted by molar-refractivity contribution is 0.423. The van der Waals surface area contributed by atoms with E-state index in [2.05, 4.69) is 4.98 Å². The zero-order valence-electron chi connectivity index (χ0n) is 11.8. The van der Waals surface area contributed by atoms with Crippen LogP contribution < -0.4 is 11.2 Å². The summed E-state index contributed by atoms with van der Waals surface area (Å²) in [6.07, 6.45) is 0.352. The maximum Gasteiger partial charge on any atom is 0.335 e. The monoisotopic (exact) mass is 274 g/mol. The Morgan fingerprint density at radius 2 is 2.00 bits per heavy atom. The lowest BCUT2D eigenvalue weighted by Gasteiger charge is -2.13. The van der Waals surface area contributed by atoms with Crippen LogP contribution in [0.5, 0.6) is 5.88 Å². The molecule has 0 aliphatic heterocycles. The van der Waals surface area contributed by atoms with E-state index in [9.17, 15) is 14.7 Å². The molecule has 1 heterocycles. The first kappa shape index (κ1) is 14.1. The SMILES string of the molecule is CCc1c(O)n(-c2cccc(C(C)C)c2)c(=O)[nH]c1=O. The van der Waals surface area contributed by atoms with Crippen LogP contribution in [0.15, 0.2) is 33.9 Å². The van der Waals surface area contributed by atoms with Gasteiger partial charge >= 0.3 is 5.69 Å². The number of aromatic nitrogens is 2. The number of nitrogens with one attached hydrogen (secondary N) is 1. The Labute approximate surface area is 116 Å². The summed E-state index contributed by atoms with van der Waals surface area (Å²) in [4.78, 5) is 25.8. The average molecular weight is 274 g/mol. The lowest BCUT2D eigenvalue weighted by Crippen LogP contribution is -2.31. The third-order valence-electron chi connectivity index (χ3n) is 3.33. The van der Waals surface area contributed by atoms with Gasteiger partial charge in [-0.2, -0.15) is 0 Å². The molecule has 2 rings (SSSR count). The molecule has 0 aliphatic carbocycles. The van der Waals surface area contributed by atoms with Crippen molar-refractivity contribution in [3.05, 3.63) is 56.2 Å². The minimum Gasteiger partial charge on any atom is -0.494 e. The fraction of sp³-hybridized carbons (Fsp3) is 0.333. The van der Waals surface area contributed by atoms with Crippen LogP contribution in [0, 0.1) is 0 Å². The number of nitrogens with zero attached hydrogens (tertiary/aromatic N) is 1. The number of aromatic amines is 1. The molecule has 1 aromatic carbocycles. The summed E-state index contributed by atoms with van der Waals surface area (Å²) in [6, 6.07) is 7.35. The zero-order chi connectivity index (χ0) is 14.9. The first-order chi connectivity index (χ1) is 9.45. The van der Waals surface area contributed by atoms with Crippen LogP contribution in [-0.2, 0) is 6.42 Å². The second-order valence-electron chi connectivity index (χ2n) is 5.00. The predicted molar refractivity (Wildman–Crippen MR) is 77.8 cm³/mol. The molecule has 0 spiro atoms. The normalized spacial score (nSPS) is 11.0. The molecule has 0 radical (unpaired) electrons. The fourth-order valence-corrected chi connectivity index (χ4v) is 2.14. The largest absolute Gasteiger partial charge is 0.494 e. The van der Waals surface area contributed by atoms with Crippen LogP contribution in [0.3, 0.4) is 0 Å². The average Bonchev–Trinajstić information content (AvgIpc) is 2.39. The number of hydrogen-bond acceptors (Lipinski definition) is 3. The summed E-state index contributed by atoms with van der Waals surface area (Å²) in [5.41, 5.74) is 0.638. The second-order valence-corrected chi connectivity index (χ2v) is 5.00. The Kier molecular flexibility index (Phi) is 3.79. The van der Waals surface area contributed by atoms with Crippen molar-refractivity contribution < 1.29 is 5.11 Å². The van der Waals surface area contributed by atoms with Crippen LogP contribution in [0.4, 0.5) is 0 Å². The molecule has 0 amide bonds. The highest BCUT2D eigenvalue weighted by atomic mass is 16.3. The van der Waals surface area contributed by atoms with Crippen LogP contribution in [-0.4, -0.2) is 14.7 Å². The number of H-pyrrole nitrogens is 1. The van der Waals surface area contributed by atoms with Crippen molar-refractivity contribution in [1.82, 2.24) is 9.55 Å². The Balaban J connectivity index is 2.73. The Morgan fingerprint density at radius 1 is 1.30 bits per heavy atom. The molecule has 0 unspecified atom stereocenters. The zero-order valence-corrected chi connectivity index (χ0v) is 11.8. The summed E-state index contributed by atoms with van der Waals surface area (Å²) in [6.45, 7) is 5.85. The molecule has 2 aromatic rings. The van der Waals surface area contributed by atoms with Crippen molar-refractivity contribution in [2.24, 2.45) is 0 Å². The smallest absolute Gasteiger partial charge is 0.335 e. The van der Waals surface area contributed by atoms with Gasteiger partial charge in [-0.05, 0) is 30.0 Å². The Bertz CT molecular complexity index is 742. The van der Waals surface area contributed by atoms with Crippen molar-refractivity contribution in [2.75, 3.05) is 0 Å². The number of benzene rings is 1. The molecular weight excluding hydrogens is 256 g/mol. The predicted octanol–water partition coefficient (Wildman–Crippen LogP) is 1.92. The van der Waals surface area contributed by atoms with Crippen LogP contribution >= 0.6 is 0 Å². The number of aromatic hydroxyl groups is 1. The minimum atomic E-state index is -0.634. The first-order valence-electron chi connectivity index (χ1n) is 6.63. The molecule has 106 valence electrons. The van der Waals surface area contributed by atoms with Crippen molar-refractivity contribution in [3.8, 4) is 11.6 Å². The maximum absolute atomic E-state index is 12.0. The van der Waals surface area contributed by atoms with Crippen LogP contribution in [0.2, 0.25) is 0 Å². The quantitative estimate of drug-likeness (QED) is 0.897. The van der Waals surface area contributed by atoms with Gasteiger partial charge in [0, 0.05) is 0 Å². The molecule has 0 saturated carbocycles. The van der Waals surface area contributed by atoms with Gasteiger partial charge in [0.2, 0.25) is 5.88 Å². The topological polar surface area (TPSA) is 75.1 Å². The van der Waals surface area contributed by atoms with Gasteiger partial charge in [-0.3, -0.25) is 9.78 Å². The number of rotatable bonds is 3.